The molecule has 1 N–H and O–H groups in total. The lowest BCUT2D eigenvalue weighted by molar-refractivity contribution is -0.383. The molecule has 0 heterocycles. The maximum Gasteiger partial charge on any atom is 0.284 e. The number of hydroxylamine groups is 1. The average Bonchev–Trinajstić information content (AvgIpc) is 2.65. The number of ether oxygens (including phenoxy) is 3. The Morgan fingerprint density at radius 3 is 1.31 bits per heavy atom. The summed E-state index contributed by atoms with van der Waals surface area (Å²) < 4.78 is 18.2. The lowest BCUT2D eigenvalue weighted by Gasteiger charge is -2.34. The average molecular weight is 375 g/mol. The molecule has 5 heteroatoms. The van der Waals surface area contributed by atoms with E-state index in [0.717, 1.165) is 38.5 Å². The van der Waals surface area contributed by atoms with E-state index in [2.05, 4.69) is 20.8 Å². The van der Waals surface area contributed by atoms with Gasteiger partial charge in [0.15, 0.2) is 0 Å². The molecule has 0 radical (unpaired) electrons. The van der Waals surface area contributed by atoms with Crippen molar-refractivity contribution in [3.8, 4) is 0 Å². The van der Waals surface area contributed by atoms with Crippen LogP contribution in [0.4, 0.5) is 0 Å². The molecule has 0 aromatic carbocycles. The second kappa shape index (κ2) is 19.6. The van der Waals surface area contributed by atoms with E-state index >= 15 is 0 Å². The highest BCUT2D eigenvalue weighted by Gasteiger charge is 2.32. The predicted molar refractivity (Wildman–Crippen MR) is 109 cm³/mol. The summed E-state index contributed by atoms with van der Waals surface area (Å²) in [5.41, 5.74) is 1.97. The second-order valence-corrected chi connectivity index (χ2v) is 7.05. The number of hydrogen-bond acceptors (Lipinski definition) is 5. The molecular formula is C21H44NO4-. The minimum atomic E-state index is -1.07. The van der Waals surface area contributed by atoms with Gasteiger partial charge < -0.3 is 24.9 Å². The van der Waals surface area contributed by atoms with Crippen molar-refractivity contribution in [1.82, 2.24) is 5.48 Å². The number of unbranched alkanes of at least 4 members (excludes halogenated alkanes) is 9. The van der Waals surface area contributed by atoms with Gasteiger partial charge in [0.2, 0.25) is 0 Å². The first kappa shape index (κ1) is 25.8. The Bertz CT molecular complexity index is 241. The number of nitrogens with one attached hydrogen (secondary N) is 1. The molecule has 0 atom stereocenters. The minimum absolute atomic E-state index is 0.277. The third kappa shape index (κ3) is 14.9. The third-order valence-corrected chi connectivity index (χ3v) is 4.49. The molecule has 0 fully saturated rings. The standard InChI is InChI=1S/C21H44NO4/c1-4-7-10-13-18-24-21(16-17-22-23,25-19-14-11-8-5-2)26-20-15-12-9-6-3/h22H,4-20H2,1-3H3/q-1. The monoisotopic (exact) mass is 374 g/mol. The highest BCUT2D eigenvalue weighted by molar-refractivity contribution is 4.63. The first-order chi connectivity index (χ1) is 12.7. The van der Waals surface area contributed by atoms with Crippen LogP contribution in [0.15, 0.2) is 0 Å². The summed E-state index contributed by atoms with van der Waals surface area (Å²) in [5, 5.41) is 10.8. The summed E-state index contributed by atoms with van der Waals surface area (Å²) in [6, 6.07) is 0. The topological polar surface area (TPSA) is 62.8 Å². The molecule has 0 aliphatic carbocycles. The van der Waals surface area contributed by atoms with Crippen LogP contribution in [0.1, 0.15) is 104 Å². The lowest BCUT2D eigenvalue weighted by Crippen LogP contribution is -2.42. The van der Waals surface area contributed by atoms with Crippen molar-refractivity contribution in [2.75, 3.05) is 26.4 Å². The molecular weight excluding hydrogens is 330 g/mol. The maximum atomic E-state index is 10.8. The van der Waals surface area contributed by atoms with Gasteiger partial charge in [-0.2, -0.15) is 0 Å². The molecule has 5 nitrogen and oxygen atoms in total. The fraction of sp³-hybridized carbons (Fsp3) is 1.00. The largest absolute Gasteiger partial charge is 0.788 e. The zero-order chi connectivity index (χ0) is 19.3. The van der Waals surface area contributed by atoms with Crippen LogP contribution in [0.5, 0.6) is 0 Å². The van der Waals surface area contributed by atoms with E-state index in [4.69, 9.17) is 14.2 Å². The normalized spacial score (nSPS) is 12.0. The fourth-order valence-electron chi connectivity index (χ4n) is 2.82. The first-order valence-electron chi connectivity index (χ1n) is 11.0. The van der Waals surface area contributed by atoms with Crippen LogP contribution in [0.25, 0.3) is 0 Å². The zero-order valence-electron chi connectivity index (χ0n) is 17.7. The van der Waals surface area contributed by atoms with Gasteiger partial charge in [0.25, 0.3) is 5.97 Å². The van der Waals surface area contributed by atoms with Crippen LogP contribution in [0.3, 0.4) is 0 Å². The summed E-state index contributed by atoms with van der Waals surface area (Å²) in [6.45, 7) is 8.71. The van der Waals surface area contributed by atoms with E-state index in [9.17, 15) is 5.21 Å². The Morgan fingerprint density at radius 1 is 0.615 bits per heavy atom. The van der Waals surface area contributed by atoms with E-state index in [1.54, 1.807) is 0 Å². The molecule has 26 heavy (non-hydrogen) atoms. The molecule has 0 aromatic rings. The Kier molecular flexibility index (Phi) is 19.4. The van der Waals surface area contributed by atoms with Crippen LogP contribution in [-0.4, -0.2) is 32.3 Å². The van der Waals surface area contributed by atoms with Gasteiger partial charge >= 0.3 is 0 Å². The third-order valence-electron chi connectivity index (χ3n) is 4.49. The molecule has 0 aliphatic rings. The highest BCUT2D eigenvalue weighted by atomic mass is 16.9. The van der Waals surface area contributed by atoms with Gasteiger partial charge in [0, 0.05) is 6.42 Å². The molecule has 0 spiro atoms. The maximum absolute atomic E-state index is 10.8. The molecule has 0 bridgehead atoms. The van der Waals surface area contributed by atoms with Crippen LogP contribution in [0, 0.1) is 5.21 Å². The SMILES string of the molecule is CCCCCCOC(CCN[O-])(OCCCCCC)OCCCCCC. The van der Waals surface area contributed by atoms with Crippen LogP contribution in [-0.2, 0) is 14.2 Å². The number of hydrogen-bond donors (Lipinski definition) is 1. The van der Waals surface area contributed by atoms with E-state index in [1.807, 2.05) is 5.48 Å². The van der Waals surface area contributed by atoms with Crippen molar-refractivity contribution in [2.24, 2.45) is 0 Å². The van der Waals surface area contributed by atoms with E-state index < -0.39 is 5.97 Å². The van der Waals surface area contributed by atoms with Crippen molar-refractivity contribution >= 4 is 0 Å². The predicted octanol–water partition coefficient (Wildman–Crippen LogP) is 5.91. The van der Waals surface area contributed by atoms with Gasteiger partial charge in [-0.15, -0.1) is 0 Å². The Labute approximate surface area is 162 Å². The quantitative estimate of drug-likeness (QED) is 0.154. The van der Waals surface area contributed by atoms with E-state index in [-0.39, 0.29) is 6.54 Å². The summed E-state index contributed by atoms with van der Waals surface area (Å²) in [4.78, 5) is 0. The Hall–Kier alpha value is -0.200. The second-order valence-electron chi connectivity index (χ2n) is 7.05. The molecule has 0 rings (SSSR count). The van der Waals surface area contributed by atoms with Crippen molar-refractivity contribution < 1.29 is 14.2 Å². The molecule has 0 aliphatic heterocycles. The van der Waals surface area contributed by atoms with Gasteiger partial charge in [-0.25, -0.2) is 0 Å². The summed E-state index contributed by atoms with van der Waals surface area (Å²) >= 11 is 0. The van der Waals surface area contributed by atoms with Gasteiger partial charge in [0.05, 0.1) is 19.8 Å². The summed E-state index contributed by atoms with van der Waals surface area (Å²) in [7, 11) is 0. The van der Waals surface area contributed by atoms with Gasteiger partial charge in [0.1, 0.15) is 0 Å². The molecule has 0 saturated heterocycles. The van der Waals surface area contributed by atoms with E-state index in [0.29, 0.717) is 26.2 Å². The van der Waals surface area contributed by atoms with Crippen LogP contribution >= 0.6 is 0 Å². The zero-order valence-corrected chi connectivity index (χ0v) is 17.7. The Morgan fingerprint density at radius 2 is 1.00 bits per heavy atom. The summed E-state index contributed by atoms with van der Waals surface area (Å²) in [6.07, 6.45) is 14.1. The van der Waals surface area contributed by atoms with Gasteiger partial charge in [-0.05, 0) is 25.8 Å². The number of rotatable bonds is 21. The van der Waals surface area contributed by atoms with Crippen LogP contribution in [0.2, 0.25) is 0 Å². The fourth-order valence-corrected chi connectivity index (χ4v) is 2.82. The van der Waals surface area contributed by atoms with Crippen LogP contribution < -0.4 is 5.48 Å². The Balaban J connectivity index is 4.52. The molecule has 0 aromatic heterocycles. The van der Waals surface area contributed by atoms with Crippen molar-refractivity contribution in [1.29, 1.82) is 0 Å². The van der Waals surface area contributed by atoms with Gasteiger partial charge in [-0.3, -0.25) is 0 Å². The lowest BCUT2D eigenvalue weighted by atomic mass is 10.2. The highest BCUT2D eigenvalue weighted by Crippen LogP contribution is 2.23. The van der Waals surface area contributed by atoms with E-state index in [1.165, 1.54) is 38.5 Å². The molecule has 0 saturated carbocycles. The first-order valence-corrected chi connectivity index (χ1v) is 11.0. The molecule has 158 valence electrons. The van der Waals surface area contributed by atoms with Crippen molar-refractivity contribution in [3.63, 3.8) is 0 Å². The van der Waals surface area contributed by atoms with Crippen molar-refractivity contribution in [2.45, 2.75) is 110 Å². The van der Waals surface area contributed by atoms with Crippen molar-refractivity contribution in [3.05, 3.63) is 5.21 Å². The smallest absolute Gasteiger partial charge is 0.284 e. The summed E-state index contributed by atoms with van der Waals surface area (Å²) in [5.74, 6) is -1.07. The minimum Gasteiger partial charge on any atom is -0.788 e. The van der Waals surface area contributed by atoms with Gasteiger partial charge in [-0.1, -0.05) is 78.6 Å². The molecule has 0 amide bonds. The molecule has 0 unspecified atom stereocenters.